The first-order valence-electron chi connectivity index (χ1n) is 11.1. The molecule has 0 aliphatic heterocycles. The number of ketones is 1. The lowest BCUT2D eigenvalue weighted by molar-refractivity contribution is -0.137. The lowest BCUT2D eigenvalue weighted by Crippen LogP contribution is -2.10. The summed E-state index contributed by atoms with van der Waals surface area (Å²) in [7, 11) is 1.59. The van der Waals surface area contributed by atoms with Gasteiger partial charge in [0, 0.05) is 18.6 Å². The van der Waals surface area contributed by atoms with Crippen LogP contribution in [0.2, 0.25) is 0 Å². The molecule has 0 aliphatic rings. The second kappa shape index (κ2) is 8.99. The van der Waals surface area contributed by atoms with Crippen LogP contribution >= 0.6 is 0 Å². The van der Waals surface area contributed by atoms with Crippen molar-refractivity contribution in [1.29, 1.82) is 0 Å². The molecule has 190 valence electrons. The zero-order valence-corrected chi connectivity index (χ0v) is 19.6. The van der Waals surface area contributed by atoms with Gasteiger partial charge in [0.2, 0.25) is 0 Å². The molecule has 0 amide bonds. The number of rotatable bonds is 6. The van der Waals surface area contributed by atoms with Gasteiger partial charge in [-0.15, -0.1) is 0 Å². The molecule has 0 N–H and O–H groups in total. The highest BCUT2D eigenvalue weighted by molar-refractivity contribution is 6.00. The number of alkyl halides is 3. The van der Waals surface area contributed by atoms with E-state index in [2.05, 4.69) is 10.1 Å². The number of carbonyl (C=O) groups is 1. The number of hydrogen-bond acceptors (Lipinski definition) is 4. The molecule has 0 unspecified atom stereocenters. The first-order valence-corrected chi connectivity index (χ1v) is 11.1. The van der Waals surface area contributed by atoms with Crippen LogP contribution in [0, 0.1) is 18.6 Å². The number of benzene rings is 2. The van der Waals surface area contributed by atoms with E-state index < -0.39 is 35.8 Å². The van der Waals surface area contributed by atoms with Crippen molar-refractivity contribution < 1.29 is 31.5 Å². The quantitative estimate of drug-likeness (QED) is 0.211. The summed E-state index contributed by atoms with van der Waals surface area (Å²) in [6, 6.07) is 9.91. The second-order valence-corrected chi connectivity index (χ2v) is 8.50. The van der Waals surface area contributed by atoms with Crippen molar-refractivity contribution in [1.82, 2.24) is 19.2 Å². The summed E-state index contributed by atoms with van der Waals surface area (Å²) in [6.45, 7) is 1.22. The Kier molecular flexibility index (Phi) is 5.93. The van der Waals surface area contributed by atoms with Crippen molar-refractivity contribution in [3.05, 3.63) is 94.6 Å². The van der Waals surface area contributed by atoms with Crippen LogP contribution in [0.3, 0.4) is 0 Å². The number of imidazole rings is 1. The predicted molar refractivity (Wildman–Crippen MR) is 124 cm³/mol. The van der Waals surface area contributed by atoms with E-state index in [0.717, 1.165) is 24.3 Å². The largest absolute Gasteiger partial charge is 0.485 e. The molecule has 3 heterocycles. The number of fused-ring (bicyclic) bond motifs is 2. The maximum absolute atomic E-state index is 14.0. The van der Waals surface area contributed by atoms with Crippen molar-refractivity contribution in [3.8, 4) is 5.75 Å². The van der Waals surface area contributed by atoms with Crippen LogP contribution in [-0.4, -0.2) is 24.9 Å². The van der Waals surface area contributed by atoms with Crippen LogP contribution in [0.15, 0.2) is 54.7 Å². The van der Waals surface area contributed by atoms with Crippen LogP contribution in [-0.2, 0) is 26.3 Å². The molecule has 0 fully saturated rings. The van der Waals surface area contributed by atoms with E-state index in [1.54, 1.807) is 32.3 Å². The minimum absolute atomic E-state index is 0.198. The molecule has 0 spiro atoms. The van der Waals surface area contributed by atoms with Crippen LogP contribution in [0.25, 0.3) is 16.6 Å². The van der Waals surface area contributed by atoms with Gasteiger partial charge in [-0.3, -0.25) is 13.9 Å². The Hall–Kier alpha value is -4.28. The van der Waals surface area contributed by atoms with Gasteiger partial charge in [0.15, 0.2) is 17.2 Å². The van der Waals surface area contributed by atoms with Gasteiger partial charge in [-0.2, -0.15) is 18.3 Å². The third-order valence-electron chi connectivity index (χ3n) is 6.07. The maximum atomic E-state index is 14.0. The van der Waals surface area contributed by atoms with Crippen LogP contribution in [0.5, 0.6) is 5.75 Å². The Balaban J connectivity index is 1.48. The molecule has 5 aromatic rings. The molecular weight excluding hydrogens is 495 g/mol. The molecule has 0 radical (unpaired) electrons. The lowest BCUT2D eigenvalue weighted by Gasteiger charge is -2.09. The zero-order valence-electron chi connectivity index (χ0n) is 19.6. The van der Waals surface area contributed by atoms with Gasteiger partial charge in [0.25, 0.3) is 0 Å². The Morgan fingerprint density at radius 3 is 2.49 bits per heavy atom. The Bertz CT molecular complexity index is 1650. The highest BCUT2D eigenvalue weighted by Crippen LogP contribution is 2.33. The molecule has 0 aliphatic carbocycles. The molecule has 0 bridgehead atoms. The fourth-order valence-electron chi connectivity index (χ4n) is 4.31. The van der Waals surface area contributed by atoms with Crippen molar-refractivity contribution >= 4 is 22.3 Å². The number of halogens is 5. The van der Waals surface area contributed by atoms with Gasteiger partial charge in [-0.05, 0) is 49.4 Å². The lowest BCUT2D eigenvalue weighted by atomic mass is 10.1. The Morgan fingerprint density at radius 1 is 1.05 bits per heavy atom. The normalized spacial score (nSPS) is 12.0. The topological polar surface area (TPSA) is 61.4 Å². The fourth-order valence-corrected chi connectivity index (χ4v) is 4.31. The van der Waals surface area contributed by atoms with Gasteiger partial charge in [0.1, 0.15) is 23.9 Å². The summed E-state index contributed by atoms with van der Waals surface area (Å²) in [6.07, 6.45) is -3.22. The van der Waals surface area contributed by atoms with Gasteiger partial charge in [-0.25, -0.2) is 13.8 Å². The summed E-state index contributed by atoms with van der Waals surface area (Å²) < 4.78 is 76.3. The van der Waals surface area contributed by atoms with Crippen LogP contribution in [0.1, 0.15) is 33.0 Å². The van der Waals surface area contributed by atoms with E-state index in [1.165, 1.54) is 21.2 Å². The average Bonchev–Trinajstić information content (AvgIpc) is 3.34. The number of aryl methyl sites for hydroxylation is 2. The van der Waals surface area contributed by atoms with Crippen molar-refractivity contribution in [2.75, 3.05) is 0 Å². The highest BCUT2D eigenvalue weighted by atomic mass is 19.4. The van der Waals surface area contributed by atoms with E-state index in [-0.39, 0.29) is 40.2 Å². The molecule has 6 nitrogen and oxygen atoms in total. The molecule has 5 rings (SSSR count). The molecule has 0 saturated carbocycles. The third-order valence-corrected chi connectivity index (χ3v) is 6.07. The monoisotopic (exact) mass is 514 g/mol. The summed E-state index contributed by atoms with van der Waals surface area (Å²) in [5, 5.41) is 4.50. The van der Waals surface area contributed by atoms with Gasteiger partial charge in [0.05, 0.1) is 34.5 Å². The summed E-state index contributed by atoms with van der Waals surface area (Å²) in [4.78, 5) is 17.8. The fraction of sp³-hybridized carbons (Fsp3) is 0.192. The highest BCUT2D eigenvalue weighted by Gasteiger charge is 2.31. The first kappa shape index (κ1) is 24.4. The summed E-state index contributed by atoms with van der Waals surface area (Å²) in [5.74, 6) is -1.72. The second-order valence-electron chi connectivity index (χ2n) is 8.50. The number of carbonyl (C=O) groups excluding carboxylic acids is 1. The van der Waals surface area contributed by atoms with Crippen LogP contribution < -0.4 is 4.74 Å². The number of ether oxygens (including phenoxy) is 1. The number of pyridine rings is 1. The van der Waals surface area contributed by atoms with Crippen molar-refractivity contribution in [2.24, 2.45) is 7.05 Å². The smallest absolute Gasteiger partial charge is 0.416 e. The SMILES string of the molecule is Cc1nc2c(OCc3c(F)cccc3F)cccn2c1C(=O)Cc1nn(C)c2ccc(C(F)(F)F)cc12. The molecule has 0 saturated heterocycles. The first-order chi connectivity index (χ1) is 17.5. The van der Waals surface area contributed by atoms with E-state index >= 15 is 0 Å². The molecule has 37 heavy (non-hydrogen) atoms. The van der Waals surface area contributed by atoms with E-state index in [9.17, 15) is 26.7 Å². The molecular formula is C26H19F5N4O2. The van der Waals surface area contributed by atoms with E-state index in [4.69, 9.17) is 4.74 Å². The van der Waals surface area contributed by atoms with Gasteiger partial charge < -0.3 is 4.74 Å². The number of Topliss-reactive ketones (excluding diaryl/α,β-unsaturated/α-hetero) is 1. The molecule has 11 heteroatoms. The molecule has 0 atom stereocenters. The standard InChI is InChI=1S/C26H19F5N4O2/c1-14-24(22(36)12-20-16-11-15(26(29,30)31)8-9-21(16)34(2)33-20)35-10-4-7-23(25(35)32-14)37-13-17-18(27)5-3-6-19(17)28/h3-11H,12-13H2,1-2H3. The van der Waals surface area contributed by atoms with E-state index in [0.29, 0.717) is 11.2 Å². The van der Waals surface area contributed by atoms with Crippen LogP contribution in [0.4, 0.5) is 22.0 Å². The van der Waals surface area contributed by atoms with Crippen molar-refractivity contribution in [3.63, 3.8) is 0 Å². The number of hydrogen-bond donors (Lipinski definition) is 0. The predicted octanol–water partition coefficient (Wildman–Crippen LogP) is 5.83. The third kappa shape index (κ3) is 4.41. The summed E-state index contributed by atoms with van der Waals surface area (Å²) in [5.41, 5.74) is 0.389. The molecule has 3 aromatic heterocycles. The van der Waals surface area contributed by atoms with Gasteiger partial charge in [-0.1, -0.05) is 6.07 Å². The number of aromatic nitrogens is 4. The Labute approximate surface area is 206 Å². The minimum atomic E-state index is -4.54. The minimum Gasteiger partial charge on any atom is -0.485 e. The number of nitrogens with zero attached hydrogens (tertiary/aromatic N) is 4. The summed E-state index contributed by atoms with van der Waals surface area (Å²) >= 11 is 0. The van der Waals surface area contributed by atoms with Gasteiger partial charge >= 0.3 is 6.18 Å². The Morgan fingerprint density at radius 2 is 1.78 bits per heavy atom. The van der Waals surface area contributed by atoms with E-state index in [1.807, 2.05) is 0 Å². The average molecular weight is 514 g/mol. The van der Waals surface area contributed by atoms with Crippen molar-refractivity contribution in [2.45, 2.75) is 26.1 Å². The molecule has 2 aromatic carbocycles. The zero-order chi connectivity index (χ0) is 26.5. The maximum Gasteiger partial charge on any atom is 0.416 e.